The van der Waals surface area contributed by atoms with E-state index in [0.29, 0.717) is 17.2 Å². The van der Waals surface area contributed by atoms with E-state index in [1.807, 2.05) is 0 Å². The Balaban J connectivity index is 2.19. The van der Waals surface area contributed by atoms with Crippen molar-refractivity contribution in [2.75, 3.05) is 6.26 Å². The zero-order valence-corrected chi connectivity index (χ0v) is 11.1. The summed E-state index contributed by atoms with van der Waals surface area (Å²) >= 11 is 0. The number of nitrogens with zero attached hydrogens (tertiary/aromatic N) is 1. The summed E-state index contributed by atoms with van der Waals surface area (Å²) in [6, 6.07) is 9.40. The number of hydrogen-bond donors (Lipinski definition) is 1. The minimum Gasteiger partial charge on any atom is -0.457 e. The lowest BCUT2D eigenvalue weighted by Crippen LogP contribution is -1.96. The molecule has 0 aliphatic heterocycles. The van der Waals surface area contributed by atoms with E-state index in [0.717, 1.165) is 6.26 Å². The van der Waals surface area contributed by atoms with Crippen LogP contribution in [0.4, 0.5) is 0 Å². The highest BCUT2D eigenvalue weighted by atomic mass is 32.2. The largest absolute Gasteiger partial charge is 0.457 e. The number of aliphatic hydroxyl groups is 1. The molecule has 0 atom stereocenters. The third-order valence-electron chi connectivity index (χ3n) is 2.44. The van der Waals surface area contributed by atoms with Gasteiger partial charge in [0.1, 0.15) is 11.5 Å². The first-order valence-corrected chi connectivity index (χ1v) is 7.42. The number of ether oxygens (including phenoxy) is 1. The van der Waals surface area contributed by atoms with Gasteiger partial charge in [-0.3, -0.25) is 4.98 Å². The molecule has 2 aromatic rings. The number of hydrogen-bond acceptors (Lipinski definition) is 5. The van der Waals surface area contributed by atoms with Gasteiger partial charge in [0.05, 0.1) is 17.2 Å². The number of pyridine rings is 1. The van der Waals surface area contributed by atoms with Gasteiger partial charge >= 0.3 is 0 Å². The summed E-state index contributed by atoms with van der Waals surface area (Å²) in [4.78, 5) is 4.18. The number of aromatic nitrogens is 1. The molecule has 0 amide bonds. The summed E-state index contributed by atoms with van der Waals surface area (Å²) in [6.45, 7) is -0.162. The zero-order valence-electron chi connectivity index (χ0n) is 10.3. The third-order valence-corrected chi connectivity index (χ3v) is 3.57. The lowest BCUT2D eigenvalue weighted by atomic mass is 10.3. The van der Waals surface area contributed by atoms with Crippen LogP contribution in [-0.2, 0) is 16.4 Å². The van der Waals surface area contributed by atoms with Gasteiger partial charge in [-0.15, -0.1) is 0 Å². The van der Waals surface area contributed by atoms with Crippen LogP contribution < -0.4 is 4.74 Å². The summed E-state index contributed by atoms with van der Waals surface area (Å²) in [6.07, 6.45) is 2.69. The third kappa shape index (κ3) is 3.52. The molecule has 0 unspecified atom stereocenters. The van der Waals surface area contributed by atoms with E-state index in [2.05, 4.69) is 4.98 Å². The predicted molar refractivity (Wildman–Crippen MR) is 69.8 cm³/mol. The molecule has 5 nitrogen and oxygen atoms in total. The van der Waals surface area contributed by atoms with Gasteiger partial charge in [0.25, 0.3) is 0 Å². The molecule has 0 bridgehead atoms. The quantitative estimate of drug-likeness (QED) is 0.923. The van der Waals surface area contributed by atoms with E-state index >= 15 is 0 Å². The highest BCUT2D eigenvalue weighted by Crippen LogP contribution is 2.23. The first-order valence-electron chi connectivity index (χ1n) is 5.53. The Morgan fingerprint density at radius 2 is 1.84 bits per heavy atom. The fourth-order valence-electron chi connectivity index (χ4n) is 1.50. The molecular weight excluding hydrogens is 266 g/mol. The summed E-state index contributed by atoms with van der Waals surface area (Å²) < 4.78 is 28.2. The van der Waals surface area contributed by atoms with Gasteiger partial charge in [-0.1, -0.05) is 0 Å². The van der Waals surface area contributed by atoms with Crippen molar-refractivity contribution in [3.05, 3.63) is 48.3 Å². The lowest BCUT2D eigenvalue weighted by molar-refractivity contribution is 0.276. The van der Waals surface area contributed by atoms with Gasteiger partial charge in [-0.2, -0.15) is 0 Å². The maximum Gasteiger partial charge on any atom is 0.175 e. The van der Waals surface area contributed by atoms with Crippen LogP contribution in [0.2, 0.25) is 0 Å². The minimum atomic E-state index is -3.20. The van der Waals surface area contributed by atoms with E-state index in [1.54, 1.807) is 24.3 Å². The van der Waals surface area contributed by atoms with Crippen molar-refractivity contribution in [3.63, 3.8) is 0 Å². The highest BCUT2D eigenvalue weighted by molar-refractivity contribution is 7.90. The molecule has 0 aliphatic carbocycles. The monoisotopic (exact) mass is 279 g/mol. The van der Waals surface area contributed by atoms with Crippen molar-refractivity contribution in [2.24, 2.45) is 0 Å². The fourth-order valence-corrected chi connectivity index (χ4v) is 2.13. The summed E-state index contributed by atoms with van der Waals surface area (Å²) in [5, 5.41) is 8.97. The first-order chi connectivity index (χ1) is 8.99. The van der Waals surface area contributed by atoms with Crippen molar-refractivity contribution in [1.82, 2.24) is 4.98 Å². The Morgan fingerprint density at radius 1 is 1.16 bits per heavy atom. The fraction of sp³-hybridized carbons (Fsp3) is 0.154. The number of benzene rings is 1. The number of sulfone groups is 1. The molecule has 0 radical (unpaired) electrons. The van der Waals surface area contributed by atoms with E-state index in [9.17, 15) is 8.42 Å². The van der Waals surface area contributed by atoms with E-state index in [1.165, 1.54) is 18.3 Å². The van der Waals surface area contributed by atoms with Crippen LogP contribution in [0.25, 0.3) is 0 Å². The van der Waals surface area contributed by atoms with Crippen molar-refractivity contribution in [3.8, 4) is 11.5 Å². The molecule has 1 heterocycles. The Kier molecular flexibility index (Phi) is 3.82. The summed E-state index contributed by atoms with van der Waals surface area (Å²) in [5.74, 6) is 1.05. The topological polar surface area (TPSA) is 76.5 Å². The average molecular weight is 279 g/mol. The normalized spacial score (nSPS) is 11.3. The molecule has 0 saturated heterocycles. The van der Waals surface area contributed by atoms with E-state index in [4.69, 9.17) is 9.84 Å². The Labute approximate surface area is 111 Å². The second kappa shape index (κ2) is 5.38. The van der Waals surface area contributed by atoms with Gasteiger partial charge in [0.2, 0.25) is 0 Å². The van der Waals surface area contributed by atoms with Crippen LogP contribution in [0.15, 0.2) is 47.5 Å². The van der Waals surface area contributed by atoms with Crippen LogP contribution in [0, 0.1) is 0 Å². The van der Waals surface area contributed by atoms with Gasteiger partial charge < -0.3 is 9.84 Å². The van der Waals surface area contributed by atoms with Crippen LogP contribution in [0.5, 0.6) is 11.5 Å². The molecule has 0 fully saturated rings. The van der Waals surface area contributed by atoms with Gasteiger partial charge in [0.15, 0.2) is 9.84 Å². The van der Waals surface area contributed by atoms with Crippen molar-refractivity contribution in [2.45, 2.75) is 11.5 Å². The molecule has 2 rings (SSSR count). The molecule has 1 aromatic heterocycles. The molecule has 1 N–H and O–H groups in total. The second-order valence-electron chi connectivity index (χ2n) is 3.99. The Bertz CT molecular complexity index is 665. The van der Waals surface area contributed by atoms with Crippen molar-refractivity contribution >= 4 is 9.84 Å². The molecular formula is C13H13NO4S. The maximum atomic E-state index is 11.3. The second-order valence-corrected chi connectivity index (χ2v) is 6.00. The van der Waals surface area contributed by atoms with E-state index in [-0.39, 0.29) is 11.5 Å². The van der Waals surface area contributed by atoms with Crippen LogP contribution in [0.1, 0.15) is 5.69 Å². The Morgan fingerprint density at radius 3 is 2.42 bits per heavy atom. The summed E-state index contributed by atoms with van der Waals surface area (Å²) in [7, 11) is -3.20. The maximum absolute atomic E-state index is 11.3. The first kappa shape index (κ1) is 13.5. The number of aliphatic hydroxyl groups excluding tert-OH is 1. The predicted octanol–water partition coefficient (Wildman–Crippen LogP) is 1.77. The Hall–Kier alpha value is -1.92. The van der Waals surface area contributed by atoms with Gasteiger partial charge in [-0.25, -0.2) is 8.42 Å². The van der Waals surface area contributed by atoms with Crippen LogP contribution >= 0.6 is 0 Å². The zero-order chi connectivity index (χ0) is 13.9. The average Bonchev–Trinajstić information content (AvgIpc) is 2.38. The molecule has 0 saturated carbocycles. The SMILES string of the molecule is CS(=O)(=O)c1ccc(Oc2ccnc(CO)c2)cc1. The molecule has 1 aromatic carbocycles. The smallest absolute Gasteiger partial charge is 0.175 e. The van der Waals surface area contributed by atoms with E-state index < -0.39 is 9.84 Å². The standard InChI is InChI=1S/C13H13NO4S/c1-19(16,17)13-4-2-11(3-5-13)18-12-6-7-14-10(8-12)9-15/h2-8,15H,9H2,1H3. The molecule has 19 heavy (non-hydrogen) atoms. The van der Waals surface area contributed by atoms with Crippen LogP contribution in [-0.4, -0.2) is 24.8 Å². The van der Waals surface area contributed by atoms with Crippen molar-refractivity contribution < 1.29 is 18.3 Å². The van der Waals surface area contributed by atoms with Crippen LogP contribution in [0.3, 0.4) is 0 Å². The highest BCUT2D eigenvalue weighted by Gasteiger charge is 2.07. The molecule has 100 valence electrons. The number of rotatable bonds is 4. The van der Waals surface area contributed by atoms with Gasteiger partial charge in [-0.05, 0) is 30.3 Å². The molecule has 6 heteroatoms. The summed E-state index contributed by atoms with van der Waals surface area (Å²) in [5.41, 5.74) is 0.505. The molecule has 0 spiro atoms. The lowest BCUT2D eigenvalue weighted by Gasteiger charge is -2.07. The molecule has 0 aliphatic rings. The van der Waals surface area contributed by atoms with Gasteiger partial charge in [0, 0.05) is 18.5 Å². The minimum absolute atomic E-state index is 0.162. The van der Waals surface area contributed by atoms with Crippen molar-refractivity contribution in [1.29, 1.82) is 0 Å².